The van der Waals surface area contributed by atoms with E-state index in [1.807, 2.05) is 42.5 Å². The van der Waals surface area contributed by atoms with Crippen LogP contribution in [0.5, 0.6) is 0 Å². The van der Waals surface area contributed by atoms with Gasteiger partial charge in [0.1, 0.15) is 0 Å². The summed E-state index contributed by atoms with van der Waals surface area (Å²) < 4.78 is 5.58. The Morgan fingerprint density at radius 1 is 1.10 bits per heavy atom. The Balaban J connectivity index is 1.55. The second-order valence-electron chi connectivity index (χ2n) is 7.75. The number of nitrogens with one attached hydrogen (secondary N) is 1. The molecule has 0 aromatic heterocycles. The van der Waals surface area contributed by atoms with Crippen LogP contribution in [0.15, 0.2) is 48.5 Å². The summed E-state index contributed by atoms with van der Waals surface area (Å²) in [7, 11) is 0. The van der Waals surface area contributed by atoms with Crippen LogP contribution in [-0.2, 0) is 14.9 Å². The highest BCUT2D eigenvalue weighted by molar-refractivity contribution is 6.30. The summed E-state index contributed by atoms with van der Waals surface area (Å²) in [5.41, 5.74) is 2.21. The number of carbonyl (C=O) groups is 2. The van der Waals surface area contributed by atoms with E-state index >= 15 is 0 Å². The molecule has 1 N–H and O–H groups in total. The quantitative estimate of drug-likeness (QED) is 0.809. The van der Waals surface area contributed by atoms with E-state index in [4.69, 9.17) is 16.3 Å². The first-order valence-electron chi connectivity index (χ1n) is 10.1. The van der Waals surface area contributed by atoms with Crippen molar-refractivity contribution in [1.82, 2.24) is 5.32 Å². The van der Waals surface area contributed by atoms with E-state index in [1.165, 1.54) is 0 Å². The van der Waals surface area contributed by atoms with Crippen molar-refractivity contribution in [2.75, 3.05) is 31.2 Å². The first kappa shape index (κ1) is 19.9. The van der Waals surface area contributed by atoms with Crippen LogP contribution >= 0.6 is 11.6 Å². The molecule has 2 aromatic rings. The van der Waals surface area contributed by atoms with E-state index in [0.717, 1.165) is 24.8 Å². The summed E-state index contributed by atoms with van der Waals surface area (Å²) in [5, 5.41) is 3.83. The van der Waals surface area contributed by atoms with Gasteiger partial charge >= 0.3 is 0 Å². The molecule has 0 unspecified atom stereocenters. The lowest BCUT2D eigenvalue weighted by Gasteiger charge is -2.38. The van der Waals surface area contributed by atoms with Gasteiger partial charge < -0.3 is 15.0 Å². The number of hydrogen-bond acceptors (Lipinski definition) is 3. The number of halogens is 1. The zero-order valence-corrected chi connectivity index (χ0v) is 17.1. The standard InChI is InChI=1S/C23H25ClN2O3/c24-18-9-7-17(8-10-18)23(11-14-29-15-12-23)16-25-22(28)19-4-1-2-5-20(19)26-13-3-6-21(26)27/h1-2,4-5,7-10H,3,6,11-16H2,(H,25,28). The van der Waals surface area contributed by atoms with Gasteiger partial charge in [-0.25, -0.2) is 0 Å². The van der Waals surface area contributed by atoms with Crippen molar-refractivity contribution in [3.05, 3.63) is 64.7 Å². The predicted molar refractivity (Wildman–Crippen MR) is 114 cm³/mol. The van der Waals surface area contributed by atoms with Crippen LogP contribution in [0.1, 0.15) is 41.6 Å². The minimum absolute atomic E-state index is 0.0762. The lowest BCUT2D eigenvalue weighted by atomic mass is 9.74. The number of benzene rings is 2. The van der Waals surface area contributed by atoms with Gasteiger partial charge in [-0.05, 0) is 49.1 Å². The Morgan fingerprint density at radius 2 is 1.83 bits per heavy atom. The second-order valence-corrected chi connectivity index (χ2v) is 8.18. The molecule has 152 valence electrons. The number of hydrogen-bond donors (Lipinski definition) is 1. The normalized spacial score (nSPS) is 18.7. The van der Waals surface area contributed by atoms with E-state index in [2.05, 4.69) is 5.32 Å². The number of ether oxygens (including phenoxy) is 1. The third kappa shape index (κ3) is 4.16. The van der Waals surface area contributed by atoms with Gasteiger partial charge in [0.25, 0.3) is 5.91 Å². The van der Waals surface area contributed by atoms with E-state index in [9.17, 15) is 9.59 Å². The molecule has 6 heteroatoms. The van der Waals surface area contributed by atoms with Gasteiger partial charge in [0.05, 0.1) is 11.3 Å². The lowest BCUT2D eigenvalue weighted by molar-refractivity contribution is -0.117. The van der Waals surface area contributed by atoms with Crippen molar-refractivity contribution < 1.29 is 14.3 Å². The molecule has 2 amide bonds. The first-order valence-corrected chi connectivity index (χ1v) is 10.5. The monoisotopic (exact) mass is 412 g/mol. The number of amides is 2. The average molecular weight is 413 g/mol. The van der Waals surface area contributed by atoms with Crippen LogP contribution in [0.25, 0.3) is 0 Å². The van der Waals surface area contributed by atoms with E-state index < -0.39 is 0 Å². The van der Waals surface area contributed by atoms with Crippen LogP contribution in [0.4, 0.5) is 5.69 Å². The van der Waals surface area contributed by atoms with Crippen LogP contribution < -0.4 is 10.2 Å². The fourth-order valence-electron chi connectivity index (χ4n) is 4.28. The number of para-hydroxylation sites is 1. The van der Waals surface area contributed by atoms with Crippen molar-refractivity contribution in [1.29, 1.82) is 0 Å². The van der Waals surface area contributed by atoms with Gasteiger partial charge in [-0.15, -0.1) is 0 Å². The Kier molecular flexibility index (Phi) is 5.88. The highest BCUT2D eigenvalue weighted by Crippen LogP contribution is 2.35. The molecule has 2 aliphatic heterocycles. The molecule has 0 atom stereocenters. The van der Waals surface area contributed by atoms with Crippen molar-refractivity contribution in [2.24, 2.45) is 0 Å². The van der Waals surface area contributed by atoms with Gasteiger partial charge in [0.2, 0.25) is 5.91 Å². The van der Waals surface area contributed by atoms with Gasteiger partial charge in [-0.1, -0.05) is 35.9 Å². The summed E-state index contributed by atoms with van der Waals surface area (Å²) in [5.74, 6) is -0.0764. The zero-order chi connectivity index (χ0) is 20.3. The topological polar surface area (TPSA) is 58.6 Å². The highest BCUT2D eigenvalue weighted by atomic mass is 35.5. The van der Waals surface area contributed by atoms with Crippen molar-refractivity contribution in [3.8, 4) is 0 Å². The number of carbonyl (C=O) groups excluding carboxylic acids is 2. The van der Waals surface area contributed by atoms with Gasteiger partial charge in [0.15, 0.2) is 0 Å². The van der Waals surface area contributed by atoms with E-state index in [-0.39, 0.29) is 17.2 Å². The van der Waals surface area contributed by atoms with Gasteiger partial charge in [-0.3, -0.25) is 9.59 Å². The summed E-state index contributed by atoms with van der Waals surface area (Å²) >= 11 is 6.07. The number of rotatable bonds is 5. The molecule has 0 saturated carbocycles. The third-order valence-electron chi connectivity index (χ3n) is 6.01. The largest absolute Gasteiger partial charge is 0.381 e. The van der Waals surface area contributed by atoms with Gasteiger partial charge in [0, 0.05) is 43.2 Å². The minimum atomic E-state index is -0.184. The Morgan fingerprint density at radius 3 is 2.52 bits per heavy atom. The maximum atomic E-state index is 13.1. The lowest BCUT2D eigenvalue weighted by Crippen LogP contribution is -2.44. The van der Waals surface area contributed by atoms with E-state index in [1.54, 1.807) is 11.0 Å². The average Bonchev–Trinajstić information content (AvgIpc) is 3.19. The molecule has 2 saturated heterocycles. The smallest absolute Gasteiger partial charge is 0.253 e. The minimum Gasteiger partial charge on any atom is -0.381 e. The SMILES string of the molecule is O=C(NCC1(c2ccc(Cl)cc2)CCOCC1)c1ccccc1N1CCCC1=O. The molecule has 5 nitrogen and oxygen atoms in total. The summed E-state index contributed by atoms with van der Waals surface area (Å²) in [6.45, 7) is 2.50. The molecule has 2 heterocycles. The predicted octanol–water partition coefficient (Wildman–Crippen LogP) is 3.95. The molecule has 0 radical (unpaired) electrons. The van der Waals surface area contributed by atoms with Crippen LogP contribution in [-0.4, -0.2) is 38.1 Å². The zero-order valence-electron chi connectivity index (χ0n) is 16.3. The Hall–Kier alpha value is -2.37. The molecule has 2 aliphatic rings. The molecule has 0 bridgehead atoms. The number of anilines is 1. The van der Waals surface area contributed by atoms with Crippen molar-refractivity contribution >= 4 is 29.1 Å². The summed E-state index contributed by atoms with van der Waals surface area (Å²) in [6.07, 6.45) is 3.03. The maximum Gasteiger partial charge on any atom is 0.253 e. The summed E-state index contributed by atoms with van der Waals surface area (Å²) in [4.78, 5) is 27.0. The van der Waals surface area contributed by atoms with Crippen LogP contribution in [0.3, 0.4) is 0 Å². The van der Waals surface area contributed by atoms with Crippen LogP contribution in [0, 0.1) is 0 Å². The number of nitrogens with zero attached hydrogens (tertiary/aromatic N) is 1. The highest BCUT2D eigenvalue weighted by Gasteiger charge is 2.35. The van der Waals surface area contributed by atoms with Crippen LogP contribution in [0.2, 0.25) is 5.02 Å². The molecule has 2 aromatic carbocycles. The van der Waals surface area contributed by atoms with Crippen molar-refractivity contribution in [2.45, 2.75) is 31.1 Å². The fraction of sp³-hybridized carbons (Fsp3) is 0.391. The maximum absolute atomic E-state index is 13.1. The first-order chi connectivity index (χ1) is 14.1. The molecule has 4 rings (SSSR count). The third-order valence-corrected chi connectivity index (χ3v) is 6.26. The molecule has 2 fully saturated rings. The van der Waals surface area contributed by atoms with E-state index in [0.29, 0.717) is 49.0 Å². The molecule has 0 spiro atoms. The summed E-state index contributed by atoms with van der Waals surface area (Å²) in [6, 6.07) is 15.2. The second kappa shape index (κ2) is 8.56. The van der Waals surface area contributed by atoms with Gasteiger partial charge in [-0.2, -0.15) is 0 Å². The molecular formula is C23H25ClN2O3. The molecular weight excluding hydrogens is 388 g/mol. The Bertz CT molecular complexity index is 891. The fourth-order valence-corrected chi connectivity index (χ4v) is 4.41. The molecule has 29 heavy (non-hydrogen) atoms. The Labute approximate surface area is 176 Å². The molecule has 0 aliphatic carbocycles. The van der Waals surface area contributed by atoms with Crippen molar-refractivity contribution in [3.63, 3.8) is 0 Å².